The normalized spacial score (nSPS) is 20.2. The third-order valence-corrected chi connectivity index (χ3v) is 6.13. The number of carbonyl (C=O) groups is 3. The molecule has 6 nitrogen and oxygen atoms in total. The van der Waals surface area contributed by atoms with Crippen LogP contribution in [0.25, 0.3) is 0 Å². The first-order valence-electron chi connectivity index (χ1n) is 8.33. The average Bonchev–Trinajstić information content (AvgIpc) is 3.15. The number of hydrogen-bond donors (Lipinski definition) is 1. The second-order valence-electron chi connectivity index (χ2n) is 6.22. The molecule has 2 heterocycles. The summed E-state index contributed by atoms with van der Waals surface area (Å²) < 4.78 is 5.28. The van der Waals surface area contributed by atoms with Gasteiger partial charge < -0.3 is 10.1 Å². The molecule has 8 heteroatoms. The lowest BCUT2D eigenvalue weighted by Crippen LogP contribution is -2.48. The molecule has 1 fully saturated rings. The number of carbonyl (C=O) groups excluding carboxylic acids is 3. The van der Waals surface area contributed by atoms with E-state index in [1.807, 2.05) is 24.3 Å². The predicted molar refractivity (Wildman–Crippen MR) is 103 cm³/mol. The first-order valence-corrected chi connectivity index (χ1v) is 9.53. The fraction of sp³-hybridized carbons (Fsp3) is 0.211. The number of anilines is 2. The molecule has 2 aromatic rings. The van der Waals surface area contributed by atoms with Crippen molar-refractivity contribution in [1.29, 1.82) is 0 Å². The van der Waals surface area contributed by atoms with Gasteiger partial charge in [0.1, 0.15) is 0 Å². The predicted octanol–water partition coefficient (Wildman–Crippen LogP) is 3.45. The van der Waals surface area contributed by atoms with Crippen LogP contribution in [0.1, 0.15) is 12.8 Å². The van der Waals surface area contributed by atoms with Crippen LogP contribution in [0.4, 0.5) is 11.4 Å². The summed E-state index contributed by atoms with van der Waals surface area (Å²) in [5.41, 5.74) is 1.23. The van der Waals surface area contributed by atoms with Crippen LogP contribution in [0, 0.1) is 0 Å². The van der Waals surface area contributed by atoms with E-state index >= 15 is 0 Å². The van der Waals surface area contributed by atoms with Gasteiger partial charge in [-0.25, -0.2) is 4.79 Å². The van der Waals surface area contributed by atoms with E-state index in [0.29, 0.717) is 22.8 Å². The summed E-state index contributed by atoms with van der Waals surface area (Å²) in [6.45, 7) is -0.438. The minimum absolute atomic E-state index is 0.118. The third-order valence-electron chi connectivity index (χ3n) is 4.43. The largest absolute Gasteiger partial charge is 0.453 e. The highest BCUT2D eigenvalue weighted by Gasteiger charge is 2.58. The second kappa shape index (κ2) is 6.90. The van der Waals surface area contributed by atoms with Crippen molar-refractivity contribution in [2.75, 3.05) is 16.8 Å². The number of nitrogens with one attached hydrogen (secondary N) is 1. The number of rotatable bonds is 4. The van der Waals surface area contributed by atoms with Crippen LogP contribution in [0.5, 0.6) is 0 Å². The molecule has 0 aromatic heterocycles. The Kier molecular flexibility index (Phi) is 4.57. The summed E-state index contributed by atoms with van der Waals surface area (Å²) in [6, 6.07) is 14.0. The molecule has 2 aromatic carbocycles. The summed E-state index contributed by atoms with van der Waals surface area (Å²) >= 11 is 7.19. The van der Waals surface area contributed by atoms with Crippen LogP contribution in [-0.4, -0.2) is 29.3 Å². The maximum atomic E-state index is 12.8. The summed E-state index contributed by atoms with van der Waals surface area (Å²) in [5.74, 6) is -1.18. The molecule has 4 rings (SSSR count). The molecule has 0 spiro atoms. The maximum Gasteiger partial charge on any atom is 0.344 e. The number of hydrogen-bond acceptors (Lipinski definition) is 5. The summed E-state index contributed by atoms with van der Waals surface area (Å²) in [6.07, 6.45) is 0.616. The Labute approximate surface area is 164 Å². The Bertz CT molecular complexity index is 951. The fourth-order valence-corrected chi connectivity index (χ4v) is 4.88. The third kappa shape index (κ3) is 3.17. The van der Waals surface area contributed by atoms with Gasteiger partial charge in [0.25, 0.3) is 5.91 Å². The van der Waals surface area contributed by atoms with E-state index in [-0.39, 0.29) is 12.3 Å². The van der Waals surface area contributed by atoms with Crippen LogP contribution in [0.3, 0.4) is 0 Å². The number of benzene rings is 2. The van der Waals surface area contributed by atoms with Crippen molar-refractivity contribution in [2.45, 2.75) is 22.6 Å². The van der Waals surface area contributed by atoms with E-state index in [4.69, 9.17) is 16.3 Å². The van der Waals surface area contributed by atoms with Crippen molar-refractivity contribution in [3.8, 4) is 0 Å². The Balaban J connectivity index is 1.45. The number of fused-ring (bicyclic) bond motifs is 3. The monoisotopic (exact) mass is 402 g/mol. The van der Waals surface area contributed by atoms with Gasteiger partial charge in [-0.2, -0.15) is 0 Å². The minimum Gasteiger partial charge on any atom is -0.453 e. The molecule has 1 atom stereocenters. The highest BCUT2D eigenvalue weighted by molar-refractivity contribution is 8.02. The van der Waals surface area contributed by atoms with Gasteiger partial charge in [-0.05, 0) is 30.3 Å². The van der Waals surface area contributed by atoms with Gasteiger partial charge in [0.15, 0.2) is 11.5 Å². The first kappa shape index (κ1) is 17.9. The minimum atomic E-state index is -1.13. The highest BCUT2D eigenvalue weighted by atomic mass is 35.5. The average molecular weight is 403 g/mol. The van der Waals surface area contributed by atoms with E-state index in [2.05, 4.69) is 5.32 Å². The molecule has 0 aliphatic carbocycles. The lowest BCUT2D eigenvalue weighted by Gasteiger charge is -2.28. The quantitative estimate of drug-likeness (QED) is 0.793. The Morgan fingerprint density at radius 3 is 2.85 bits per heavy atom. The molecule has 2 aliphatic rings. The van der Waals surface area contributed by atoms with Crippen molar-refractivity contribution >= 4 is 52.5 Å². The van der Waals surface area contributed by atoms with Crippen LogP contribution in [0.2, 0.25) is 5.02 Å². The first-order chi connectivity index (χ1) is 13.0. The van der Waals surface area contributed by atoms with Gasteiger partial charge in [0.05, 0.1) is 5.69 Å². The summed E-state index contributed by atoms with van der Waals surface area (Å²) in [4.78, 5) is 38.5. The number of nitrogens with zero attached hydrogens (tertiary/aromatic N) is 1. The van der Waals surface area contributed by atoms with E-state index in [9.17, 15) is 14.4 Å². The Morgan fingerprint density at radius 1 is 1.22 bits per heavy atom. The molecule has 2 amide bonds. The molecular weight excluding hydrogens is 388 g/mol. The number of esters is 1. The zero-order chi connectivity index (χ0) is 19.0. The Morgan fingerprint density at radius 2 is 2.04 bits per heavy atom. The molecule has 0 unspecified atom stereocenters. The Hall–Kier alpha value is -2.51. The zero-order valence-electron chi connectivity index (χ0n) is 14.1. The van der Waals surface area contributed by atoms with Crippen molar-refractivity contribution in [1.82, 2.24) is 0 Å². The van der Waals surface area contributed by atoms with Gasteiger partial charge in [-0.1, -0.05) is 41.6 Å². The molecule has 0 bridgehead atoms. The fourth-order valence-electron chi connectivity index (χ4n) is 3.28. The van der Waals surface area contributed by atoms with E-state index in [1.54, 1.807) is 24.3 Å². The molecule has 0 saturated carbocycles. The van der Waals surface area contributed by atoms with Gasteiger partial charge >= 0.3 is 5.97 Å². The number of ether oxygens (including phenoxy) is 1. The highest BCUT2D eigenvalue weighted by Crippen LogP contribution is 2.56. The van der Waals surface area contributed by atoms with Crippen LogP contribution >= 0.6 is 23.4 Å². The van der Waals surface area contributed by atoms with Gasteiger partial charge in [-0.15, -0.1) is 0 Å². The standard InChI is InChI=1S/C19H15ClN2O4S/c20-12-4-3-5-13(10-12)21-16(23)11-26-18(25)19-9-8-17(24)22(19)14-6-1-2-7-15(14)27-19/h1-7,10H,8-9,11H2,(H,21,23)/t19-/m0/s1. The zero-order valence-corrected chi connectivity index (χ0v) is 15.7. The molecule has 2 aliphatic heterocycles. The lowest BCUT2D eigenvalue weighted by molar-refractivity contribution is -0.149. The molecule has 1 saturated heterocycles. The van der Waals surface area contributed by atoms with Crippen LogP contribution in [-0.2, 0) is 19.1 Å². The summed E-state index contributed by atoms with van der Waals surface area (Å²) in [5, 5.41) is 3.11. The van der Waals surface area contributed by atoms with Crippen molar-refractivity contribution < 1.29 is 19.1 Å². The lowest BCUT2D eigenvalue weighted by atomic mass is 10.2. The molecule has 27 heavy (non-hydrogen) atoms. The van der Waals surface area contributed by atoms with Crippen molar-refractivity contribution in [3.05, 3.63) is 53.6 Å². The molecular formula is C19H15ClN2O4S. The van der Waals surface area contributed by atoms with Gasteiger partial charge in [0.2, 0.25) is 5.91 Å². The topological polar surface area (TPSA) is 75.7 Å². The molecule has 0 radical (unpaired) electrons. The number of thioether (sulfide) groups is 1. The smallest absolute Gasteiger partial charge is 0.344 e. The maximum absolute atomic E-state index is 12.8. The SMILES string of the molecule is O=C(COC(=O)[C@@]12CCC(=O)N1c1ccccc1S2)Nc1cccc(Cl)c1. The molecule has 138 valence electrons. The number of halogens is 1. The number of amides is 2. The van der Waals surface area contributed by atoms with E-state index in [1.165, 1.54) is 16.7 Å². The number of para-hydroxylation sites is 1. The van der Waals surface area contributed by atoms with Gasteiger partial charge in [0, 0.05) is 28.4 Å². The van der Waals surface area contributed by atoms with Crippen molar-refractivity contribution in [2.24, 2.45) is 0 Å². The van der Waals surface area contributed by atoms with E-state index in [0.717, 1.165) is 4.90 Å². The summed E-state index contributed by atoms with van der Waals surface area (Å²) in [7, 11) is 0. The van der Waals surface area contributed by atoms with Crippen LogP contribution in [0.15, 0.2) is 53.4 Å². The van der Waals surface area contributed by atoms with Crippen LogP contribution < -0.4 is 10.2 Å². The molecule has 1 N–H and O–H groups in total. The second-order valence-corrected chi connectivity index (χ2v) is 7.97. The van der Waals surface area contributed by atoms with Gasteiger partial charge in [-0.3, -0.25) is 14.5 Å². The van der Waals surface area contributed by atoms with E-state index < -0.39 is 23.4 Å². The van der Waals surface area contributed by atoms with Crippen molar-refractivity contribution in [3.63, 3.8) is 0 Å².